The molecule has 40 heavy (non-hydrogen) atoms. The first kappa shape index (κ1) is 25.2. The molecule has 0 spiro atoms. The molecule has 0 aliphatic heterocycles. The van der Waals surface area contributed by atoms with E-state index in [1.807, 2.05) is 72.8 Å². The lowest BCUT2D eigenvalue weighted by Crippen LogP contribution is -2.53. The van der Waals surface area contributed by atoms with Gasteiger partial charge in [0.25, 0.3) is 0 Å². The zero-order valence-corrected chi connectivity index (χ0v) is 21.7. The SMILES string of the molecule is O=C(N[C@](C(=O)OCc1ccccc1)(c1ccccc1)c1cc[nH]c1)OCC1c2ccccc2-c2ccccc21. The molecule has 1 heterocycles. The first-order valence-corrected chi connectivity index (χ1v) is 13.2. The molecule has 198 valence electrons. The number of amides is 1. The fourth-order valence-corrected chi connectivity index (χ4v) is 5.46. The standard InChI is InChI=1S/C34H28N2O4/c37-32(39-22-24-11-3-1-4-12-24)34(26-19-20-35-21-26,25-13-5-2-6-14-25)36-33(38)40-23-31-29-17-9-7-15-27(29)28-16-8-10-18-30(28)31/h1-21,31,35H,22-23H2,(H,36,38)/t34-/m1/s1. The van der Waals surface area contributed by atoms with E-state index >= 15 is 0 Å². The Morgan fingerprint density at radius 1 is 0.700 bits per heavy atom. The predicted molar refractivity (Wildman–Crippen MR) is 152 cm³/mol. The van der Waals surface area contributed by atoms with Crippen molar-refractivity contribution in [3.05, 3.63) is 155 Å². The minimum Gasteiger partial charge on any atom is -0.459 e. The van der Waals surface area contributed by atoms with Gasteiger partial charge in [-0.15, -0.1) is 0 Å². The van der Waals surface area contributed by atoms with Crippen LogP contribution in [0.25, 0.3) is 11.1 Å². The van der Waals surface area contributed by atoms with Gasteiger partial charge in [-0.3, -0.25) is 5.32 Å². The van der Waals surface area contributed by atoms with E-state index in [0.29, 0.717) is 11.1 Å². The molecule has 6 heteroatoms. The number of aromatic nitrogens is 1. The maximum absolute atomic E-state index is 14.0. The molecule has 1 atom stereocenters. The number of carbonyl (C=O) groups is 2. The zero-order chi connectivity index (χ0) is 27.4. The first-order chi connectivity index (χ1) is 19.7. The highest BCUT2D eigenvalue weighted by Crippen LogP contribution is 2.44. The molecular formula is C34H28N2O4. The summed E-state index contributed by atoms with van der Waals surface area (Å²) < 4.78 is 11.7. The summed E-state index contributed by atoms with van der Waals surface area (Å²) in [6.45, 7) is 0.183. The van der Waals surface area contributed by atoms with E-state index in [-0.39, 0.29) is 19.1 Å². The molecule has 6 nitrogen and oxygen atoms in total. The van der Waals surface area contributed by atoms with Crippen LogP contribution in [0, 0.1) is 0 Å². The normalized spacial score (nSPS) is 13.5. The molecule has 0 saturated carbocycles. The van der Waals surface area contributed by atoms with E-state index in [4.69, 9.17) is 9.47 Å². The molecule has 4 aromatic carbocycles. The van der Waals surface area contributed by atoms with Gasteiger partial charge in [0, 0.05) is 23.9 Å². The van der Waals surface area contributed by atoms with Gasteiger partial charge in [-0.1, -0.05) is 109 Å². The van der Waals surface area contributed by atoms with E-state index in [1.165, 1.54) is 0 Å². The molecule has 0 saturated heterocycles. The molecule has 1 aliphatic rings. The van der Waals surface area contributed by atoms with E-state index in [1.54, 1.807) is 30.6 Å². The number of H-pyrrole nitrogens is 1. The lowest BCUT2D eigenvalue weighted by Gasteiger charge is -2.32. The third-order valence-electron chi connectivity index (χ3n) is 7.39. The molecule has 0 unspecified atom stereocenters. The van der Waals surface area contributed by atoms with Crippen molar-refractivity contribution in [2.45, 2.75) is 18.1 Å². The van der Waals surface area contributed by atoms with Gasteiger partial charge in [0.1, 0.15) is 13.2 Å². The van der Waals surface area contributed by atoms with Gasteiger partial charge in [0.05, 0.1) is 0 Å². The molecule has 2 N–H and O–H groups in total. The summed E-state index contributed by atoms with van der Waals surface area (Å²) in [5, 5.41) is 2.90. The minimum absolute atomic E-state index is 0.0606. The molecule has 0 radical (unpaired) electrons. The number of benzene rings is 4. The van der Waals surface area contributed by atoms with Crippen LogP contribution in [0.4, 0.5) is 4.79 Å². The van der Waals surface area contributed by atoms with Crippen LogP contribution in [0.2, 0.25) is 0 Å². The molecule has 1 aliphatic carbocycles. The molecule has 1 amide bonds. The third kappa shape index (κ3) is 4.64. The molecular weight excluding hydrogens is 500 g/mol. The Kier molecular flexibility index (Phi) is 6.89. The second-order valence-corrected chi connectivity index (χ2v) is 9.73. The third-order valence-corrected chi connectivity index (χ3v) is 7.39. The van der Waals surface area contributed by atoms with Crippen molar-refractivity contribution in [2.75, 3.05) is 6.61 Å². The van der Waals surface area contributed by atoms with Crippen LogP contribution in [0.3, 0.4) is 0 Å². The van der Waals surface area contributed by atoms with Crippen LogP contribution in [0.5, 0.6) is 0 Å². The van der Waals surface area contributed by atoms with Crippen LogP contribution < -0.4 is 5.32 Å². The highest BCUT2D eigenvalue weighted by Gasteiger charge is 2.46. The monoisotopic (exact) mass is 528 g/mol. The van der Waals surface area contributed by atoms with Gasteiger partial charge in [-0.2, -0.15) is 0 Å². The summed E-state index contributed by atoms with van der Waals surface area (Å²) in [7, 11) is 0. The number of fused-ring (bicyclic) bond motifs is 3. The summed E-state index contributed by atoms with van der Waals surface area (Å²) in [4.78, 5) is 30.5. The van der Waals surface area contributed by atoms with Crippen LogP contribution >= 0.6 is 0 Å². The van der Waals surface area contributed by atoms with Gasteiger partial charge >= 0.3 is 12.1 Å². The van der Waals surface area contributed by atoms with Gasteiger partial charge in [0.15, 0.2) is 5.54 Å². The van der Waals surface area contributed by atoms with Gasteiger partial charge in [-0.05, 0) is 39.4 Å². The number of ether oxygens (including phenoxy) is 2. The molecule has 0 bridgehead atoms. The van der Waals surface area contributed by atoms with Crippen LogP contribution in [0.1, 0.15) is 33.7 Å². The Hall–Kier alpha value is -5.10. The Morgan fingerprint density at radius 3 is 1.93 bits per heavy atom. The fraction of sp³-hybridized carbons (Fsp3) is 0.118. The van der Waals surface area contributed by atoms with Crippen molar-refractivity contribution >= 4 is 12.1 Å². The fourth-order valence-electron chi connectivity index (χ4n) is 5.46. The van der Waals surface area contributed by atoms with Crippen LogP contribution in [-0.4, -0.2) is 23.7 Å². The van der Waals surface area contributed by atoms with Crippen LogP contribution in [0.15, 0.2) is 128 Å². The summed E-state index contributed by atoms with van der Waals surface area (Å²) in [6, 6.07) is 36.6. The Morgan fingerprint density at radius 2 is 1.30 bits per heavy atom. The molecule has 6 rings (SSSR count). The number of alkyl carbamates (subject to hydrolysis) is 1. The van der Waals surface area contributed by atoms with Gasteiger partial charge in [0.2, 0.25) is 0 Å². The number of carbonyl (C=O) groups excluding carboxylic acids is 2. The van der Waals surface area contributed by atoms with E-state index in [9.17, 15) is 9.59 Å². The maximum atomic E-state index is 14.0. The number of esters is 1. The number of hydrogen-bond donors (Lipinski definition) is 2. The van der Waals surface area contributed by atoms with Crippen molar-refractivity contribution in [3.63, 3.8) is 0 Å². The first-order valence-electron chi connectivity index (χ1n) is 13.2. The average Bonchev–Trinajstić information content (AvgIpc) is 3.66. The minimum atomic E-state index is -1.63. The van der Waals surface area contributed by atoms with Gasteiger partial charge in [-0.25, -0.2) is 9.59 Å². The number of aromatic amines is 1. The number of rotatable bonds is 8. The highest BCUT2D eigenvalue weighted by molar-refractivity contribution is 5.91. The predicted octanol–water partition coefficient (Wildman–Crippen LogP) is 6.54. The lowest BCUT2D eigenvalue weighted by atomic mass is 9.84. The molecule has 5 aromatic rings. The Labute approximate surface area is 232 Å². The van der Waals surface area contributed by atoms with Crippen molar-refractivity contribution in [1.82, 2.24) is 10.3 Å². The summed E-state index contributed by atoms with van der Waals surface area (Å²) >= 11 is 0. The van der Waals surface area contributed by atoms with Crippen LogP contribution in [-0.2, 0) is 26.4 Å². The van der Waals surface area contributed by atoms with Crippen molar-refractivity contribution in [1.29, 1.82) is 0 Å². The van der Waals surface area contributed by atoms with E-state index in [0.717, 1.165) is 27.8 Å². The number of hydrogen-bond acceptors (Lipinski definition) is 4. The molecule has 0 fully saturated rings. The van der Waals surface area contributed by atoms with Gasteiger partial charge < -0.3 is 14.5 Å². The quantitative estimate of drug-likeness (QED) is 0.224. The lowest BCUT2D eigenvalue weighted by molar-refractivity contribution is -0.151. The molecule has 1 aromatic heterocycles. The van der Waals surface area contributed by atoms with Crippen molar-refractivity contribution < 1.29 is 19.1 Å². The van der Waals surface area contributed by atoms with Crippen molar-refractivity contribution in [3.8, 4) is 11.1 Å². The smallest absolute Gasteiger partial charge is 0.408 e. The van der Waals surface area contributed by atoms with E-state index in [2.05, 4.69) is 34.6 Å². The summed E-state index contributed by atoms with van der Waals surface area (Å²) in [6.07, 6.45) is 2.67. The van der Waals surface area contributed by atoms with E-state index < -0.39 is 17.6 Å². The van der Waals surface area contributed by atoms with Crippen molar-refractivity contribution in [2.24, 2.45) is 0 Å². The summed E-state index contributed by atoms with van der Waals surface area (Å²) in [5.74, 6) is -0.725. The second-order valence-electron chi connectivity index (χ2n) is 9.73. The zero-order valence-electron chi connectivity index (χ0n) is 21.7. The number of nitrogens with one attached hydrogen (secondary N) is 2. The highest BCUT2D eigenvalue weighted by atomic mass is 16.6. The topological polar surface area (TPSA) is 80.4 Å². The maximum Gasteiger partial charge on any atom is 0.408 e. The Balaban J connectivity index is 1.29. The second kappa shape index (κ2) is 10.9. The summed E-state index contributed by atoms with van der Waals surface area (Å²) in [5.41, 5.74) is 4.81. The largest absolute Gasteiger partial charge is 0.459 e. The Bertz CT molecular complexity index is 1570. The average molecular weight is 529 g/mol.